The van der Waals surface area contributed by atoms with Crippen molar-refractivity contribution in [2.24, 2.45) is 112 Å². The summed E-state index contributed by atoms with van der Waals surface area (Å²) in [5.74, 6) is -14.4. The van der Waals surface area contributed by atoms with E-state index in [2.05, 4.69) is 115 Å². The van der Waals surface area contributed by atoms with Crippen LogP contribution in [0.4, 0.5) is 0 Å². The number of nitrogens with zero attached hydrogens (tertiary/aromatic N) is 20. The van der Waals surface area contributed by atoms with Gasteiger partial charge in [0.15, 0.2) is 0 Å². The summed E-state index contributed by atoms with van der Waals surface area (Å²) < 4.78 is 0. The molecule has 20 nitrogen and oxygen atoms in total. The molecule has 0 spiro atoms. The van der Waals surface area contributed by atoms with Crippen molar-refractivity contribution in [3.05, 3.63) is 0 Å². The van der Waals surface area contributed by atoms with E-state index < -0.39 is 107 Å². The first-order valence-electron chi connectivity index (χ1n) is 27.0. The molecule has 0 fully saturated rings. The molecular formula is C61H64N20. The van der Waals surface area contributed by atoms with Crippen LogP contribution in [0.3, 0.4) is 0 Å². The Labute approximate surface area is 478 Å². The lowest BCUT2D eigenvalue weighted by Gasteiger charge is -2.22. The Hall–Kier alpha value is -10.2. The van der Waals surface area contributed by atoms with Gasteiger partial charge in [0.1, 0.15) is 0 Å². The molecule has 0 radical (unpaired) electrons. The van der Waals surface area contributed by atoms with Crippen LogP contribution in [0.1, 0.15) is 142 Å². The molecule has 81 heavy (non-hydrogen) atoms. The molecule has 0 heterocycles. The summed E-state index contributed by atoms with van der Waals surface area (Å²) >= 11 is 0. The first-order valence-corrected chi connectivity index (χ1v) is 27.0. The van der Waals surface area contributed by atoms with Crippen LogP contribution in [0.25, 0.3) is 0 Å². The largest absolute Gasteiger partial charge is 0.198 e. The lowest BCUT2D eigenvalue weighted by atomic mass is 9.77. The van der Waals surface area contributed by atoms with Gasteiger partial charge in [-0.1, -0.05) is 6.92 Å². The van der Waals surface area contributed by atoms with Crippen molar-refractivity contribution in [1.29, 1.82) is 105 Å². The van der Waals surface area contributed by atoms with Crippen LogP contribution in [-0.4, -0.2) is 0 Å². The fourth-order valence-electron chi connectivity index (χ4n) is 10.4. The Balaban J connectivity index is 5.72. The van der Waals surface area contributed by atoms with Gasteiger partial charge in [-0.2, -0.15) is 105 Å². The highest BCUT2D eigenvalue weighted by molar-refractivity contribution is 5.06. The van der Waals surface area contributed by atoms with Gasteiger partial charge in [0.25, 0.3) is 0 Å². The highest BCUT2D eigenvalue weighted by Crippen LogP contribution is 2.36. The van der Waals surface area contributed by atoms with E-state index in [4.69, 9.17) is 5.26 Å². The van der Waals surface area contributed by atoms with Crippen molar-refractivity contribution < 1.29 is 0 Å². The molecule has 0 aliphatic rings. The molecule has 0 amide bonds. The number of rotatable bonds is 39. The Morgan fingerprint density at radius 3 is 0.383 bits per heavy atom. The molecule has 0 aromatic heterocycles. The summed E-state index contributed by atoms with van der Waals surface area (Å²) in [6.45, 7) is 1.83. The van der Waals surface area contributed by atoms with E-state index in [1.165, 1.54) is 0 Å². The maximum Gasteiger partial charge on any atom is 0.0656 e. The zero-order chi connectivity index (χ0) is 61.0. The monoisotopic (exact) mass is 1080 g/mol. The third kappa shape index (κ3) is 28.7. The summed E-state index contributed by atoms with van der Waals surface area (Å²) in [7, 11) is 0. The van der Waals surface area contributed by atoms with Gasteiger partial charge in [-0.05, 0) is 128 Å². The van der Waals surface area contributed by atoms with Crippen molar-refractivity contribution >= 4 is 0 Å². The molecule has 19 unspecified atom stereocenters. The second-order valence-electron chi connectivity index (χ2n) is 21.0. The molecule has 0 bridgehead atoms. The summed E-state index contributed by atoms with van der Waals surface area (Å²) in [6, 6.07) is 42.3. The van der Waals surface area contributed by atoms with Crippen molar-refractivity contribution in [3.63, 3.8) is 0 Å². The molecule has 0 aliphatic heterocycles. The quantitative estimate of drug-likeness (QED) is 0.0551. The molecule has 0 saturated carbocycles. The van der Waals surface area contributed by atoms with E-state index in [1.807, 2.05) is 13.0 Å². The Bertz CT molecular complexity index is 2900. The number of nitriles is 20. The second-order valence-corrected chi connectivity index (χ2v) is 21.0. The smallest absolute Gasteiger partial charge is 0.0656 e. The zero-order valence-electron chi connectivity index (χ0n) is 45.8. The first-order chi connectivity index (χ1) is 39.1. The molecule has 20 heteroatoms. The molecule has 0 aliphatic carbocycles. The van der Waals surface area contributed by atoms with Crippen LogP contribution in [-0.2, 0) is 0 Å². The minimum atomic E-state index is -0.872. The van der Waals surface area contributed by atoms with E-state index in [-0.39, 0.29) is 128 Å². The van der Waals surface area contributed by atoms with Crippen LogP contribution >= 0.6 is 0 Å². The van der Waals surface area contributed by atoms with Gasteiger partial charge < -0.3 is 0 Å². The fourth-order valence-corrected chi connectivity index (χ4v) is 10.4. The maximum absolute atomic E-state index is 10.1. The first kappa shape index (κ1) is 70.8. The van der Waals surface area contributed by atoms with Gasteiger partial charge in [0.2, 0.25) is 0 Å². The Morgan fingerprint density at radius 2 is 0.284 bits per heavy atom. The molecule has 0 rings (SSSR count). The van der Waals surface area contributed by atoms with E-state index in [0.717, 1.165) is 0 Å². The summed E-state index contributed by atoms with van der Waals surface area (Å²) in [4.78, 5) is 0. The van der Waals surface area contributed by atoms with Crippen LogP contribution in [0.2, 0.25) is 0 Å². The van der Waals surface area contributed by atoms with E-state index in [9.17, 15) is 100.0 Å². The Kier molecular flexibility index (Phi) is 37.5. The minimum absolute atomic E-state index is 0.00277. The molecule has 408 valence electrons. The number of hydrogen-bond acceptors (Lipinski definition) is 20. The third-order valence-corrected chi connectivity index (χ3v) is 14.8. The summed E-state index contributed by atoms with van der Waals surface area (Å²) in [5, 5.41) is 198. The van der Waals surface area contributed by atoms with Gasteiger partial charge in [-0.3, -0.25) is 0 Å². The van der Waals surface area contributed by atoms with E-state index in [1.54, 1.807) is 0 Å². The summed E-state index contributed by atoms with van der Waals surface area (Å²) in [6.07, 6.45) is 1.49. The van der Waals surface area contributed by atoms with Gasteiger partial charge in [-0.25, -0.2) is 0 Å². The van der Waals surface area contributed by atoms with E-state index in [0.29, 0.717) is 12.8 Å². The van der Waals surface area contributed by atoms with Gasteiger partial charge in [0, 0.05) is 119 Å². The predicted molar refractivity (Wildman–Crippen MR) is 281 cm³/mol. The van der Waals surface area contributed by atoms with Crippen LogP contribution in [0, 0.1) is 339 Å². The van der Waals surface area contributed by atoms with Crippen LogP contribution < -0.4 is 0 Å². The highest BCUT2D eigenvalue weighted by atomic mass is 14.4. The molecule has 0 aromatic carbocycles. The average molecular weight is 1080 g/mol. The zero-order valence-corrected chi connectivity index (χ0v) is 45.8. The fraction of sp³-hybridized carbons (Fsp3) is 0.672. The van der Waals surface area contributed by atoms with Crippen LogP contribution in [0.15, 0.2) is 0 Å². The molecule has 0 saturated heterocycles. The topological polar surface area (TPSA) is 476 Å². The predicted octanol–water partition coefficient (Wildman–Crippen LogP) is 11.4. The average Bonchev–Trinajstić information content (AvgIpc) is 3.50. The van der Waals surface area contributed by atoms with Crippen LogP contribution in [0.5, 0.6) is 0 Å². The number of hydrogen-bond donors (Lipinski definition) is 0. The van der Waals surface area contributed by atoms with Crippen molar-refractivity contribution in [2.45, 2.75) is 142 Å². The lowest BCUT2D eigenvalue weighted by Crippen LogP contribution is -2.19. The SMILES string of the molecule is CCC(C#N)CC(C#N)CC(C#N)CC(C#N)CC(C#N)CC(C#N)CC(C#N)CC(C#N)CC(C#N)CC(C#N)CC(C#N)CC(C#N)CC(C#N)CC(C#N)CC(C#N)CC(C#N)CC(C#N)CC(C#N)CC(C#N)CCC#N. The van der Waals surface area contributed by atoms with Crippen molar-refractivity contribution in [1.82, 2.24) is 0 Å². The summed E-state index contributed by atoms with van der Waals surface area (Å²) in [5.41, 5.74) is 0. The lowest BCUT2D eigenvalue weighted by molar-refractivity contribution is 0.317. The van der Waals surface area contributed by atoms with Gasteiger partial charge in [0.05, 0.1) is 121 Å². The molecule has 0 aromatic rings. The van der Waals surface area contributed by atoms with Gasteiger partial charge in [-0.15, -0.1) is 0 Å². The third-order valence-electron chi connectivity index (χ3n) is 14.8. The highest BCUT2D eigenvalue weighted by Gasteiger charge is 2.32. The van der Waals surface area contributed by atoms with Gasteiger partial charge >= 0.3 is 0 Å². The Morgan fingerprint density at radius 1 is 0.173 bits per heavy atom. The molecule has 0 N–H and O–H groups in total. The minimum Gasteiger partial charge on any atom is -0.198 e. The molecule has 19 atom stereocenters. The normalized spacial score (nSPS) is 17.0. The van der Waals surface area contributed by atoms with Crippen molar-refractivity contribution in [3.8, 4) is 121 Å². The standard InChI is InChI=1S/C61H64N20/c1-2-43(24-63)6-45(26-65)8-47(28-67)10-49(30-69)12-51(32-71)14-53(34-73)16-55(36-75)18-57(38-77)20-59(40-79)22-61(42-81)23-60(41-80)21-58(39-78)19-56(37-76)17-54(35-74)15-52(33-72)13-50(31-70)11-48(29-68)9-46(27-66)7-44(25-64)4-3-5-62/h43-61H,2-4,6-23H2,1H3. The molecular weight excluding hydrogens is 1010 g/mol. The maximum atomic E-state index is 10.1. The van der Waals surface area contributed by atoms with Crippen molar-refractivity contribution in [2.75, 3.05) is 0 Å². The van der Waals surface area contributed by atoms with E-state index >= 15 is 0 Å². The second kappa shape index (κ2) is 42.9.